The number of nitrogens with one attached hydrogen (secondary N) is 1. The molecule has 3 rings (SSSR count). The van der Waals surface area contributed by atoms with E-state index in [1.165, 1.54) is 17.0 Å². The van der Waals surface area contributed by atoms with E-state index in [2.05, 4.69) is 26.5 Å². The molecule has 1 N–H and O–H groups in total. The van der Waals surface area contributed by atoms with Crippen molar-refractivity contribution in [1.29, 1.82) is 0 Å². The van der Waals surface area contributed by atoms with E-state index in [4.69, 9.17) is 23.2 Å². The number of H-pyrrole nitrogens is 1. The number of aromatic nitrogens is 2. The number of rotatable bonds is 3. The number of nitrogens with zero attached hydrogens (tertiary/aromatic N) is 2. The van der Waals surface area contributed by atoms with Crippen molar-refractivity contribution in [2.45, 2.75) is 25.3 Å². The van der Waals surface area contributed by atoms with Crippen LogP contribution in [0.25, 0.3) is 0 Å². The van der Waals surface area contributed by atoms with Gasteiger partial charge in [-0.15, -0.1) is 11.3 Å². The fraction of sp³-hybridized carbons (Fsp3) is 0.462. The van der Waals surface area contributed by atoms with Crippen molar-refractivity contribution < 1.29 is 0 Å². The van der Waals surface area contributed by atoms with Crippen molar-refractivity contribution in [3.63, 3.8) is 0 Å². The molecule has 1 fully saturated rings. The number of hydrogen-bond donors (Lipinski definition) is 1. The van der Waals surface area contributed by atoms with Gasteiger partial charge in [0.15, 0.2) is 0 Å². The zero-order chi connectivity index (χ0) is 13.2. The Balaban J connectivity index is 1.57. The van der Waals surface area contributed by atoms with Gasteiger partial charge in [-0.1, -0.05) is 23.2 Å². The van der Waals surface area contributed by atoms with Crippen LogP contribution in [-0.2, 0) is 6.54 Å². The molecule has 3 heterocycles. The third-order valence-corrected chi connectivity index (χ3v) is 5.61. The zero-order valence-corrected chi connectivity index (χ0v) is 12.7. The van der Waals surface area contributed by atoms with Crippen LogP contribution in [0.15, 0.2) is 17.6 Å². The molecule has 6 heteroatoms. The van der Waals surface area contributed by atoms with E-state index < -0.39 is 0 Å². The zero-order valence-electron chi connectivity index (χ0n) is 10.4. The Morgan fingerprint density at radius 3 is 2.74 bits per heavy atom. The van der Waals surface area contributed by atoms with Crippen LogP contribution in [0.4, 0.5) is 0 Å². The largest absolute Gasteiger partial charge is 0.299 e. The molecule has 0 spiro atoms. The van der Waals surface area contributed by atoms with Gasteiger partial charge in [-0.3, -0.25) is 10.00 Å². The molecule has 19 heavy (non-hydrogen) atoms. The van der Waals surface area contributed by atoms with Gasteiger partial charge in [-0.2, -0.15) is 5.10 Å². The topological polar surface area (TPSA) is 31.9 Å². The molecule has 2 aromatic rings. The summed E-state index contributed by atoms with van der Waals surface area (Å²) in [6, 6.07) is 2.08. The van der Waals surface area contributed by atoms with Crippen molar-refractivity contribution in [2.75, 3.05) is 13.1 Å². The van der Waals surface area contributed by atoms with Crippen molar-refractivity contribution in [2.24, 2.45) is 0 Å². The van der Waals surface area contributed by atoms with E-state index in [1.54, 1.807) is 0 Å². The Bertz CT molecular complexity index is 530. The first-order chi connectivity index (χ1) is 9.24. The maximum atomic E-state index is 6.18. The monoisotopic (exact) mass is 315 g/mol. The molecule has 0 bridgehead atoms. The first-order valence-corrected chi connectivity index (χ1v) is 8.00. The Morgan fingerprint density at radius 2 is 2.16 bits per heavy atom. The second-order valence-electron chi connectivity index (χ2n) is 4.91. The molecule has 1 saturated heterocycles. The smallest absolute Gasteiger partial charge is 0.112 e. The van der Waals surface area contributed by atoms with Gasteiger partial charge < -0.3 is 0 Å². The number of aromatic amines is 1. The molecule has 1 aliphatic heterocycles. The molecule has 0 saturated carbocycles. The van der Waals surface area contributed by atoms with Gasteiger partial charge in [0.1, 0.15) is 4.34 Å². The predicted octanol–water partition coefficient (Wildman–Crippen LogP) is 4.16. The second-order valence-corrected chi connectivity index (χ2v) is 6.77. The van der Waals surface area contributed by atoms with Crippen molar-refractivity contribution in [1.82, 2.24) is 15.1 Å². The minimum atomic E-state index is 0.611. The lowest BCUT2D eigenvalue weighted by molar-refractivity contribution is 0.203. The predicted molar refractivity (Wildman–Crippen MR) is 80.2 cm³/mol. The quantitative estimate of drug-likeness (QED) is 0.922. The first-order valence-electron chi connectivity index (χ1n) is 6.37. The van der Waals surface area contributed by atoms with E-state index in [0.29, 0.717) is 10.3 Å². The number of hydrogen-bond acceptors (Lipinski definition) is 3. The molecule has 0 unspecified atom stereocenters. The summed E-state index contributed by atoms with van der Waals surface area (Å²) in [5.74, 6) is 0.611. The molecule has 0 aromatic carbocycles. The fourth-order valence-electron chi connectivity index (χ4n) is 2.60. The van der Waals surface area contributed by atoms with E-state index in [9.17, 15) is 0 Å². The minimum absolute atomic E-state index is 0.611. The van der Waals surface area contributed by atoms with Gasteiger partial charge in [-0.05, 0) is 42.9 Å². The normalized spacial score (nSPS) is 18.0. The van der Waals surface area contributed by atoms with Crippen LogP contribution in [0, 0.1) is 0 Å². The summed E-state index contributed by atoms with van der Waals surface area (Å²) < 4.78 is 0.698. The second kappa shape index (κ2) is 5.83. The van der Waals surface area contributed by atoms with E-state index in [-0.39, 0.29) is 0 Å². The number of thiophene rings is 1. The number of halogens is 2. The molecule has 3 nitrogen and oxygen atoms in total. The standard InChI is InChI=1S/C13H15Cl2N3S/c14-12-10(8-19-13(12)15)7-18-5-2-9(3-6-18)11-1-4-16-17-11/h1,4,8-9H,2-3,5-7H2,(H,16,17). The Labute approximate surface area is 126 Å². The van der Waals surface area contributed by atoms with E-state index >= 15 is 0 Å². The van der Waals surface area contributed by atoms with Crippen LogP contribution in [-0.4, -0.2) is 28.2 Å². The number of likely N-dealkylation sites (tertiary alicyclic amines) is 1. The molecule has 1 aliphatic rings. The van der Waals surface area contributed by atoms with Gasteiger partial charge in [0.05, 0.1) is 5.02 Å². The first kappa shape index (κ1) is 13.4. The van der Waals surface area contributed by atoms with Crippen LogP contribution < -0.4 is 0 Å². The van der Waals surface area contributed by atoms with Crippen LogP contribution >= 0.6 is 34.5 Å². The van der Waals surface area contributed by atoms with Crippen LogP contribution in [0.2, 0.25) is 9.36 Å². The third kappa shape index (κ3) is 2.97. The number of piperidine rings is 1. The summed E-state index contributed by atoms with van der Waals surface area (Å²) in [4.78, 5) is 2.44. The minimum Gasteiger partial charge on any atom is -0.299 e. The van der Waals surface area contributed by atoms with Crippen molar-refractivity contribution >= 4 is 34.5 Å². The van der Waals surface area contributed by atoms with Crippen molar-refractivity contribution in [3.8, 4) is 0 Å². The van der Waals surface area contributed by atoms with Gasteiger partial charge >= 0.3 is 0 Å². The lowest BCUT2D eigenvalue weighted by atomic mass is 9.93. The van der Waals surface area contributed by atoms with Crippen LogP contribution in [0.1, 0.15) is 30.0 Å². The molecule has 0 atom stereocenters. The average Bonchev–Trinajstić information content (AvgIpc) is 3.06. The summed E-state index contributed by atoms with van der Waals surface area (Å²) in [7, 11) is 0. The average molecular weight is 316 g/mol. The highest BCUT2D eigenvalue weighted by atomic mass is 35.5. The summed E-state index contributed by atoms with van der Waals surface area (Å²) in [6.07, 6.45) is 4.16. The van der Waals surface area contributed by atoms with Gasteiger partial charge in [0.2, 0.25) is 0 Å². The van der Waals surface area contributed by atoms with Gasteiger partial charge in [0, 0.05) is 24.4 Å². The van der Waals surface area contributed by atoms with Crippen molar-refractivity contribution in [3.05, 3.63) is 38.3 Å². The van der Waals surface area contributed by atoms with Crippen LogP contribution in [0.3, 0.4) is 0 Å². The van der Waals surface area contributed by atoms with Crippen LogP contribution in [0.5, 0.6) is 0 Å². The Hall–Kier alpha value is -0.550. The van der Waals surface area contributed by atoms with E-state index in [1.807, 2.05) is 6.20 Å². The Kier molecular flexibility index (Phi) is 4.12. The molecule has 0 aliphatic carbocycles. The highest BCUT2D eigenvalue weighted by Crippen LogP contribution is 2.34. The molecular formula is C13H15Cl2N3S. The lowest BCUT2D eigenvalue weighted by Crippen LogP contribution is -2.32. The third-order valence-electron chi connectivity index (χ3n) is 3.70. The molecule has 0 radical (unpaired) electrons. The summed E-state index contributed by atoms with van der Waals surface area (Å²) in [6.45, 7) is 3.08. The maximum Gasteiger partial charge on any atom is 0.112 e. The SMILES string of the molecule is Clc1scc(CN2CCC(c3ccn[nH]3)CC2)c1Cl. The highest BCUT2D eigenvalue weighted by Gasteiger charge is 2.22. The fourth-order valence-corrected chi connectivity index (χ4v) is 3.84. The molecule has 0 amide bonds. The Morgan fingerprint density at radius 1 is 1.37 bits per heavy atom. The van der Waals surface area contributed by atoms with Gasteiger partial charge in [0.25, 0.3) is 0 Å². The highest BCUT2D eigenvalue weighted by molar-refractivity contribution is 7.15. The lowest BCUT2D eigenvalue weighted by Gasteiger charge is -2.31. The summed E-state index contributed by atoms with van der Waals surface area (Å²) >= 11 is 13.7. The molecule has 2 aromatic heterocycles. The molecule has 102 valence electrons. The summed E-state index contributed by atoms with van der Waals surface area (Å²) in [5, 5.41) is 9.89. The van der Waals surface area contributed by atoms with Gasteiger partial charge in [-0.25, -0.2) is 0 Å². The maximum absolute atomic E-state index is 6.18. The molecular weight excluding hydrogens is 301 g/mol. The summed E-state index contributed by atoms with van der Waals surface area (Å²) in [5.41, 5.74) is 2.41. The van der Waals surface area contributed by atoms with E-state index in [0.717, 1.165) is 43.1 Å².